The van der Waals surface area contributed by atoms with Gasteiger partial charge in [0.05, 0.1) is 6.54 Å². The Hall–Kier alpha value is -1.89. The summed E-state index contributed by atoms with van der Waals surface area (Å²) in [6.07, 6.45) is 0. The number of anilines is 2. The Labute approximate surface area is 119 Å². The maximum absolute atomic E-state index is 11.6. The second kappa shape index (κ2) is 8.31. The zero-order valence-corrected chi connectivity index (χ0v) is 12.5. The molecule has 0 bridgehead atoms. The molecule has 0 radical (unpaired) electrons. The predicted molar refractivity (Wildman–Crippen MR) is 78.7 cm³/mol. The first-order chi connectivity index (χ1) is 9.55. The number of nitrogens with zero attached hydrogens (tertiary/aromatic N) is 2. The summed E-state index contributed by atoms with van der Waals surface area (Å²) >= 11 is 0. The molecule has 1 aromatic rings. The number of carbonyl (C=O) groups excluding carboxylic acids is 1. The number of rotatable bonds is 8. The molecule has 0 spiro atoms. The summed E-state index contributed by atoms with van der Waals surface area (Å²) in [7, 11) is 1.59. The molecule has 7 nitrogen and oxygen atoms in total. The van der Waals surface area contributed by atoms with E-state index in [0.29, 0.717) is 24.1 Å². The molecule has 0 aliphatic rings. The minimum absolute atomic E-state index is 0.0723. The van der Waals surface area contributed by atoms with E-state index in [9.17, 15) is 4.79 Å². The second-order valence-corrected chi connectivity index (χ2v) is 4.59. The van der Waals surface area contributed by atoms with E-state index in [1.165, 1.54) is 0 Å². The van der Waals surface area contributed by atoms with E-state index in [0.717, 1.165) is 6.54 Å². The predicted octanol–water partition coefficient (Wildman–Crippen LogP) is 0.991. The van der Waals surface area contributed by atoms with Crippen molar-refractivity contribution < 1.29 is 9.53 Å². The van der Waals surface area contributed by atoms with Gasteiger partial charge >= 0.3 is 0 Å². The molecule has 1 heterocycles. The lowest BCUT2D eigenvalue weighted by atomic mass is 10.4. The van der Waals surface area contributed by atoms with Crippen molar-refractivity contribution in [1.29, 1.82) is 0 Å². The zero-order valence-electron chi connectivity index (χ0n) is 12.5. The summed E-state index contributed by atoms with van der Waals surface area (Å²) in [6.45, 7) is 7.09. The maximum atomic E-state index is 11.6. The molecule has 0 fully saturated rings. The van der Waals surface area contributed by atoms with Gasteiger partial charge in [-0.05, 0) is 20.8 Å². The number of carbonyl (C=O) groups is 1. The van der Waals surface area contributed by atoms with Crippen LogP contribution in [-0.2, 0) is 16.1 Å². The highest BCUT2D eigenvalue weighted by Crippen LogP contribution is 2.11. The van der Waals surface area contributed by atoms with Crippen molar-refractivity contribution in [2.24, 2.45) is 0 Å². The largest absolute Gasteiger partial charge is 0.377 e. The van der Waals surface area contributed by atoms with Gasteiger partial charge in [-0.2, -0.15) is 0 Å². The molecule has 20 heavy (non-hydrogen) atoms. The first-order valence-corrected chi connectivity index (χ1v) is 6.69. The van der Waals surface area contributed by atoms with Crippen LogP contribution >= 0.6 is 0 Å². The average Bonchev–Trinajstić information content (AvgIpc) is 2.36. The molecule has 0 saturated heterocycles. The molecule has 1 aromatic heterocycles. The third kappa shape index (κ3) is 5.83. The summed E-state index contributed by atoms with van der Waals surface area (Å²) in [6, 6.07) is 1.89. The lowest BCUT2D eigenvalue weighted by molar-refractivity contribution is -0.119. The third-order valence-electron chi connectivity index (χ3n) is 2.28. The maximum Gasteiger partial charge on any atom is 0.239 e. The molecule has 0 aliphatic heterocycles. The van der Waals surface area contributed by atoms with Crippen LogP contribution in [0.5, 0.6) is 0 Å². The molecule has 1 rings (SSSR count). The normalized spacial score (nSPS) is 10.4. The molecular weight excluding hydrogens is 258 g/mol. The Balaban J connectivity index is 2.69. The topological polar surface area (TPSA) is 88.2 Å². The lowest BCUT2D eigenvalue weighted by Crippen LogP contribution is -2.35. The first-order valence-electron chi connectivity index (χ1n) is 6.69. The molecule has 7 heteroatoms. The number of aromatic nitrogens is 2. The third-order valence-corrected chi connectivity index (χ3v) is 2.28. The van der Waals surface area contributed by atoms with Gasteiger partial charge in [-0.15, -0.1) is 0 Å². The average molecular weight is 281 g/mol. The van der Waals surface area contributed by atoms with E-state index in [1.54, 1.807) is 13.2 Å². The van der Waals surface area contributed by atoms with Crippen LogP contribution in [0.15, 0.2) is 6.07 Å². The molecule has 112 valence electrons. The number of hydrogen-bond acceptors (Lipinski definition) is 6. The van der Waals surface area contributed by atoms with Crippen molar-refractivity contribution in [2.75, 3.05) is 30.8 Å². The van der Waals surface area contributed by atoms with Gasteiger partial charge in [-0.25, -0.2) is 9.97 Å². The number of nitrogens with one attached hydrogen (secondary N) is 3. The minimum Gasteiger partial charge on any atom is -0.377 e. The van der Waals surface area contributed by atoms with Crippen molar-refractivity contribution in [1.82, 2.24) is 15.3 Å². The minimum atomic E-state index is -0.0723. The smallest absolute Gasteiger partial charge is 0.239 e. The van der Waals surface area contributed by atoms with Crippen molar-refractivity contribution in [3.05, 3.63) is 11.9 Å². The van der Waals surface area contributed by atoms with Crippen molar-refractivity contribution >= 4 is 17.5 Å². The summed E-state index contributed by atoms with van der Waals surface area (Å²) in [4.78, 5) is 20.2. The van der Waals surface area contributed by atoms with E-state index in [4.69, 9.17) is 4.74 Å². The van der Waals surface area contributed by atoms with E-state index in [1.807, 2.05) is 20.8 Å². The van der Waals surface area contributed by atoms with Crippen molar-refractivity contribution in [2.45, 2.75) is 33.4 Å². The van der Waals surface area contributed by atoms with Gasteiger partial charge in [0.15, 0.2) is 5.82 Å². The van der Waals surface area contributed by atoms with Crippen molar-refractivity contribution in [3.8, 4) is 0 Å². The van der Waals surface area contributed by atoms with Gasteiger partial charge in [-0.3, -0.25) is 4.79 Å². The zero-order chi connectivity index (χ0) is 15.0. The van der Waals surface area contributed by atoms with Gasteiger partial charge in [0.25, 0.3) is 0 Å². The van der Waals surface area contributed by atoms with Crippen LogP contribution in [0.3, 0.4) is 0 Å². The molecule has 3 N–H and O–H groups in total. The highest BCUT2D eigenvalue weighted by molar-refractivity contribution is 5.80. The summed E-state index contributed by atoms with van der Waals surface area (Å²) in [5.41, 5.74) is 0. The Kier molecular flexibility index (Phi) is 6.72. The van der Waals surface area contributed by atoms with Crippen LogP contribution in [0.2, 0.25) is 0 Å². The summed E-state index contributed by atoms with van der Waals surface area (Å²) in [5, 5.41) is 8.92. The fourth-order valence-corrected chi connectivity index (χ4v) is 1.60. The number of methoxy groups -OCH3 is 1. The van der Waals surface area contributed by atoms with E-state index < -0.39 is 0 Å². The van der Waals surface area contributed by atoms with E-state index >= 15 is 0 Å². The van der Waals surface area contributed by atoms with Crippen LogP contribution in [0, 0.1) is 0 Å². The van der Waals surface area contributed by atoms with Crippen LogP contribution in [0.1, 0.15) is 26.6 Å². The van der Waals surface area contributed by atoms with Crippen molar-refractivity contribution in [3.63, 3.8) is 0 Å². The molecule has 1 amide bonds. The van der Waals surface area contributed by atoms with Crippen LogP contribution < -0.4 is 16.0 Å². The summed E-state index contributed by atoms with van der Waals surface area (Å²) in [5.74, 6) is 1.80. The fraction of sp³-hybridized carbons (Fsp3) is 0.615. The fourth-order valence-electron chi connectivity index (χ4n) is 1.60. The second-order valence-electron chi connectivity index (χ2n) is 4.59. The Morgan fingerprint density at radius 2 is 1.95 bits per heavy atom. The Morgan fingerprint density at radius 1 is 1.30 bits per heavy atom. The molecule has 0 aromatic carbocycles. The first kappa shape index (κ1) is 16.2. The number of ether oxygens (including phenoxy) is 1. The van der Waals surface area contributed by atoms with Crippen LogP contribution in [0.25, 0.3) is 0 Å². The Bertz CT molecular complexity index is 413. The highest BCUT2D eigenvalue weighted by Gasteiger charge is 2.07. The standard InChI is InChI=1S/C13H23N5O2/c1-5-14-10-6-11(18-12(17-10)8-20-4)15-7-13(19)16-9(2)3/h6,9H,5,7-8H2,1-4H3,(H,16,19)(H2,14,15,17,18). The monoisotopic (exact) mass is 281 g/mol. The van der Waals surface area contributed by atoms with E-state index in [-0.39, 0.29) is 18.5 Å². The van der Waals surface area contributed by atoms with Gasteiger partial charge in [0, 0.05) is 25.8 Å². The molecule has 0 atom stereocenters. The molecular formula is C13H23N5O2. The number of hydrogen-bond donors (Lipinski definition) is 3. The highest BCUT2D eigenvalue weighted by atomic mass is 16.5. The van der Waals surface area contributed by atoms with Gasteiger partial charge in [0.1, 0.15) is 18.2 Å². The van der Waals surface area contributed by atoms with E-state index in [2.05, 4.69) is 25.9 Å². The van der Waals surface area contributed by atoms with Gasteiger partial charge < -0.3 is 20.7 Å². The number of amides is 1. The lowest BCUT2D eigenvalue weighted by Gasteiger charge is -2.11. The molecule has 0 unspecified atom stereocenters. The molecule has 0 saturated carbocycles. The van der Waals surface area contributed by atoms with Crippen LogP contribution in [0.4, 0.5) is 11.6 Å². The quantitative estimate of drug-likeness (QED) is 0.658. The SMILES string of the molecule is CCNc1cc(NCC(=O)NC(C)C)nc(COC)n1. The Morgan fingerprint density at radius 3 is 2.50 bits per heavy atom. The van der Waals surface area contributed by atoms with Gasteiger partial charge in [0.2, 0.25) is 5.91 Å². The summed E-state index contributed by atoms with van der Waals surface area (Å²) < 4.78 is 5.03. The molecule has 0 aliphatic carbocycles. The van der Waals surface area contributed by atoms with Crippen LogP contribution in [-0.4, -0.2) is 42.1 Å². The van der Waals surface area contributed by atoms with Gasteiger partial charge in [-0.1, -0.05) is 0 Å².